The van der Waals surface area contributed by atoms with Gasteiger partial charge in [-0.05, 0) is 43.7 Å². The lowest BCUT2D eigenvalue weighted by atomic mass is 10.0. The van der Waals surface area contributed by atoms with Crippen LogP contribution < -0.4 is 10.2 Å². The van der Waals surface area contributed by atoms with Crippen molar-refractivity contribution in [3.8, 4) is 0 Å². The minimum Gasteiger partial charge on any atom is -0.369 e. The fraction of sp³-hybridized carbons (Fsp3) is 0.600. The van der Waals surface area contributed by atoms with E-state index in [1.165, 1.54) is 19.4 Å². The molecule has 0 amide bonds. The Bertz CT molecular complexity index is 392. The number of anilines is 1. The Morgan fingerprint density at radius 2 is 1.79 bits per heavy atom. The maximum atomic E-state index is 12.9. The standard InChI is InChI=1S/C15H22FN3/c16-13-3-5-14(6-4-13)18-8-10-19(11-9-18)15-2-1-7-17-12-15/h3-6,15,17H,1-2,7-12H2. The molecule has 19 heavy (non-hydrogen) atoms. The molecule has 0 aromatic heterocycles. The Kier molecular flexibility index (Phi) is 3.99. The average Bonchev–Trinajstić information content (AvgIpc) is 2.49. The highest BCUT2D eigenvalue weighted by molar-refractivity contribution is 5.46. The molecule has 2 heterocycles. The van der Waals surface area contributed by atoms with Crippen molar-refractivity contribution >= 4 is 5.69 Å². The average molecular weight is 263 g/mol. The van der Waals surface area contributed by atoms with Crippen LogP contribution in [0, 0.1) is 5.82 Å². The molecule has 4 heteroatoms. The molecule has 0 spiro atoms. The lowest BCUT2D eigenvalue weighted by Crippen LogP contribution is -2.54. The van der Waals surface area contributed by atoms with Gasteiger partial charge >= 0.3 is 0 Å². The van der Waals surface area contributed by atoms with Crippen LogP contribution in [0.25, 0.3) is 0 Å². The molecule has 0 saturated carbocycles. The van der Waals surface area contributed by atoms with Crippen LogP contribution in [0.15, 0.2) is 24.3 Å². The number of nitrogens with zero attached hydrogens (tertiary/aromatic N) is 2. The molecule has 0 radical (unpaired) electrons. The van der Waals surface area contributed by atoms with Crippen LogP contribution in [-0.4, -0.2) is 50.2 Å². The highest BCUT2D eigenvalue weighted by Gasteiger charge is 2.24. The summed E-state index contributed by atoms with van der Waals surface area (Å²) < 4.78 is 12.9. The van der Waals surface area contributed by atoms with Gasteiger partial charge in [0.1, 0.15) is 5.82 Å². The molecule has 1 N–H and O–H groups in total. The second-order valence-corrected chi connectivity index (χ2v) is 5.50. The summed E-state index contributed by atoms with van der Waals surface area (Å²) >= 11 is 0. The zero-order valence-corrected chi connectivity index (χ0v) is 11.3. The molecule has 1 unspecified atom stereocenters. The summed E-state index contributed by atoms with van der Waals surface area (Å²) in [5, 5.41) is 3.48. The topological polar surface area (TPSA) is 18.5 Å². The van der Waals surface area contributed by atoms with E-state index in [4.69, 9.17) is 0 Å². The first-order valence-corrected chi connectivity index (χ1v) is 7.28. The maximum Gasteiger partial charge on any atom is 0.123 e. The Labute approximate surface area is 114 Å². The van der Waals surface area contributed by atoms with E-state index in [1.807, 2.05) is 12.1 Å². The second kappa shape index (κ2) is 5.88. The Balaban J connectivity index is 1.55. The van der Waals surface area contributed by atoms with Crippen LogP contribution in [0.2, 0.25) is 0 Å². The Morgan fingerprint density at radius 1 is 1.05 bits per heavy atom. The van der Waals surface area contributed by atoms with Gasteiger partial charge in [0.25, 0.3) is 0 Å². The molecule has 2 saturated heterocycles. The monoisotopic (exact) mass is 263 g/mol. The van der Waals surface area contributed by atoms with Gasteiger partial charge in [-0.3, -0.25) is 4.90 Å². The fourth-order valence-electron chi connectivity index (χ4n) is 3.14. The van der Waals surface area contributed by atoms with Crippen molar-refractivity contribution in [3.05, 3.63) is 30.1 Å². The van der Waals surface area contributed by atoms with E-state index in [2.05, 4.69) is 15.1 Å². The van der Waals surface area contributed by atoms with Crippen molar-refractivity contribution < 1.29 is 4.39 Å². The number of rotatable bonds is 2. The number of nitrogens with one attached hydrogen (secondary N) is 1. The maximum absolute atomic E-state index is 12.9. The molecule has 1 aromatic rings. The van der Waals surface area contributed by atoms with Crippen molar-refractivity contribution in [2.24, 2.45) is 0 Å². The van der Waals surface area contributed by atoms with Crippen molar-refractivity contribution in [1.29, 1.82) is 0 Å². The first kappa shape index (κ1) is 12.9. The van der Waals surface area contributed by atoms with Gasteiger partial charge in [0.15, 0.2) is 0 Å². The number of halogens is 1. The smallest absolute Gasteiger partial charge is 0.123 e. The Hall–Kier alpha value is -1.13. The summed E-state index contributed by atoms with van der Waals surface area (Å²) in [7, 11) is 0. The molecule has 0 aliphatic carbocycles. The molecule has 3 rings (SSSR count). The molecule has 2 aliphatic rings. The fourth-order valence-corrected chi connectivity index (χ4v) is 3.14. The van der Waals surface area contributed by atoms with Crippen molar-refractivity contribution in [3.63, 3.8) is 0 Å². The molecule has 2 fully saturated rings. The van der Waals surface area contributed by atoms with Gasteiger partial charge in [0.05, 0.1) is 0 Å². The quantitative estimate of drug-likeness (QED) is 0.876. The lowest BCUT2D eigenvalue weighted by Gasteiger charge is -2.41. The first-order chi connectivity index (χ1) is 9.33. The molecule has 3 nitrogen and oxygen atoms in total. The van der Waals surface area contributed by atoms with Crippen LogP contribution in [-0.2, 0) is 0 Å². The molecule has 0 bridgehead atoms. The predicted molar refractivity (Wildman–Crippen MR) is 76.1 cm³/mol. The number of piperazine rings is 1. The third-order valence-electron chi connectivity index (χ3n) is 4.29. The van der Waals surface area contributed by atoms with Gasteiger partial charge in [0, 0.05) is 44.5 Å². The van der Waals surface area contributed by atoms with Crippen molar-refractivity contribution in [1.82, 2.24) is 10.2 Å². The molecular weight excluding hydrogens is 241 g/mol. The summed E-state index contributed by atoms with van der Waals surface area (Å²) in [5.74, 6) is -0.157. The molecule has 2 aliphatic heterocycles. The zero-order chi connectivity index (χ0) is 13.1. The third-order valence-corrected chi connectivity index (χ3v) is 4.29. The van der Waals surface area contributed by atoms with Crippen LogP contribution >= 0.6 is 0 Å². The highest BCUT2D eigenvalue weighted by Crippen LogP contribution is 2.19. The van der Waals surface area contributed by atoms with E-state index < -0.39 is 0 Å². The summed E-state index contributed by atoms with van der Waals surface area (Å²) in [6, 6.07) is 7.57. The number of benzene rings is 1. The minimum absolute atomic E-state index is 0.157. The molecule has 1 atom stereocenters. The lowest BCUT2D eigenvalue weighted by molar-refractivity contribution is 0.157. The minimum atomic E-state index is -0.157. The predicted octanol–water partition coefficient (Wildman–Crippen LogP) is 1.70. The van der Waals surface area contributed by atoms with E-state index in [0.717, 1.165) is 38.4 Å². The zero-order valence-electron chi connectivity index (χ0n) is 11.3. The molecule has 104 valence electrons. The molecule has 1 aromatic carbocycles. The summed E-state index contributed by atoms with van der Waals surface area (Å²) in [4.78, 5) is 4.96. The van der Waals surface area contributed by atoms with Gasteiger partial charge in [0.2, 0.25) is 0 Å². The van der Waals surface area contributed by atoms with Gasteiger partial charge in [-0.2, -0.15) is 0 Å². The molecular formula is C15H22FN3. The van der Waals surface area contributed by atoms with Crippen LogP contribution in [0.3, 0.4) is 0 Å². The number of hydrogen-bond acceptors (Lipinski definition) is 3. The highest BCUT2D eigenvalue weighted by atomic mass is 19.1. The van der Waals surface area contributed by atoms with Crippen molar-refractivity contribution in [2.45, 2.75) is 18.9 Å². The van der Waals surface area contributed by atoms with Gasteiger partial charge in [-0.25, -0.2) is 4.39 Å². The van der Waals surface area contributed by atoms with Crippen LogP contribution in [0.4, 0.5) is 10.1 Å². The van der Waals surface area contributed by atoms with Gasteiger partial charge < -0.3 is 10.2 Å². The first-order valence-electron chi connectivity index (χ1n) is 7.28. The largest absolute Gasteiger partial charge is 0.369 e. The summed E-state index contributed by atoms with van der Waals surface area (Å²) in [6.45, 7) is 6.63. The van der Waals surface area contributed by atoms with E-state index >= 15 is 0 Å². The SMILES string of the molecule is Fc1ccc(N2CCN(C3CCCNC3)CC2)cc1. The normalized spacial score (nSPS) is 25.5. The van der Waals surface area contributed by atoms with E-state index in [1.54, 1.807) is 12.1 Å². The van der Waals surface area contributed by atoms with Crippen LogP contribution in [0.5, 0.6) is 0 Å². The van der Waals surface area contributed by atoms with Gasteiger partial charge in [-0.1, -0.05) is 0 Å². The summed E-state index contributed by atoms with van der Waals surface area (Å²) in [5.41, 5.74) is 1.14. The van der Waals surface area contributed by atoms with Crippen LogP contribution in [0.1, 0.15) is 12.8 Å². The Morgan fingerprint density at radius 3 is 2.42 bits per heavy atom. The number of hydrogen-bond donors (Lipinski definition) is 1. The number of piperidine rings is 1. The van der Waals surface area contributed by atoms with E-state index in [9.17, 15) is 4.39 Å². The van der Waals surface area contributed by atoms with Gasteiger partial charge in [-0.15, -0.1) is 0 Å². The second-order valence-electron chi connectivity index (χ2n) is 5.50. The third kappa shape index (κ3) is 3.07. The van der Waals surface area contributed by atoms with E-state index in [-0.39, 0.29) is 5.82 Å². The van der Waals surface area contributed by atoms with E-state index in [0.29, 0.717) is 6.04 Å². The van der Waals surface area contributed by atoms with Crippen molar-refractivity contribution in [2.75, 3.05) is 44.2 Å². The summed E-state index contributed by atoms with van der Waals surface area (Å²) in [6.07, 6.45) is 2.62.